The summed E-state index contributed by atoms with van der Waals surface area (Å²) < 4.78 is 0. The Bertz CT molecular complexity index is 237. The molecule has 1 heteroatoms. The fraction of sp³-hybridized carbons (Fsp3) is 0.417. The third-order valence-electron chi connectivity index (χ3n) is 2.55. The van der Waals surface area contributed by atoms with Gasteiger partial charge in [-0.15, -0.1) is 0 Å². The zero-order chi connectivity index (χ0) is 8.93. The van der Waals surface area contributed by atoms with E-state index in [-0.39, 0.29) is 0 Å². The summed E-state index contributed by atoms with van der Waals surface area (Å²) in [6, 6.07) is 10.7. The van der Waals surface area contributed by atoms with Gasteiger partial charge >= 0.3 is 0 Å². The van der Waals surface area contributed by atoms with Gasteiger partial charge in [-0.05, 0) is 37.9 Å². The van der Waals surface area contributed by atoms with Crippen molar-refractivity contribution in [3.8, 4) is 0 Å². The first-order valence-corrected chi connectivity index (χ1v) is 5.03. The lowest BCUT2D eigenvalue weighted by Gasteiger charge is -2.26. The molecule has 69 valence electrons. The molecule has 1 aliphatic rings. The highest BCUT2D eigenvalue weighted by molar-refractivity contribution is 5.14. The average molecular weight is 174 g/mol. The minimum absolute atomic E-state index is 1.12. The van der Waals surface area contributed by atoms with Crippen molar-refractivity contribution < 1.29 is 0 Å². The van der Waals surface area contributed by atoms with E-state index in [1.807, 2.05) is 0 Å². The molecule has 2 rings (SSSR count). The van der Waals surface area contributed by atoms with E-state index in [2.05, 4.69) is 41.7 Å². The highest BCUT2D eigenvalue weighted by Crippen LogP contribution is 2.11. The molecule has 1 aromatic carbocycles. The quantitative estimate of drug-likeness (QED) is 0.666. The second-order valence-corrected chi connectivity index (χ2v) is 3.63. The Morgan fingerprint density at radius 2 is 1.69 bits per heavy atom. The van der Waals surface area contributed by atoms with Crippen molar-refractivity contribution in [2.24, 2.45) is 0 Å². The fourth-order valence-corrected chi connectivity index (χ4v) is 1.80. The van der Waals surface area contributed by atoms with Crippen molar-refractivity contribution >= 4 is 0 Å². The van der Waals surface area contributed by atoms with E-state index in [0.717, 1.165) is 6.54 Å². The molecule has 0 aromatic heterocycles. The van der Waals surface area contributed by atoms with Crippen LogP contribution >= 0.6 is 0 Å². The van der Waals surface area contributed by atoms with E-state index in [9.17, 15) is 0 Å². The summed E-state index contributed by atoms with van der Waals surface area (Å²) in [5, 5.41) is 0. The van der Waals surface area contributed by atoms with Crippen molar-refractivity contribution in [3.63, 3.8) is 0 Å². The van der Waals surface area contributed by atoms with Crippen LogP contribution < -0.4 is 0 Å². The molecule has 0 unspecified atom stereocenters. The van der Waals surface area contributed by atoms with Gasteiger partial charge in [-0.1, -0.05) is 30.3 Å². The van der Waals surface area contributed by atoms with E-state index < -0.39 is 0 Å². The molecule has 13 heavy (non-hydrogen) atoms. The van der Waals surface area contributed by atoms with E-state index >= 15 is 0 Å². The van der Waals surface area contributed by atoms with Gasteiger partial charge in [0.2, 0.25) is 0 Å². The number of rotatable bonds is 2. The predicted octanol–water partition coefficient (Wildman–Crippen LogP) is 2.49. The number of likely N-dealkylation sites (tertiary alicyclic amines) is 1. The van der Waals surface area contributed by atoms with E-state index in [1.165, 1.54) is 31.5 Å². The molecule has 1 radical (unpaired) electrons. The van der Waals surface area contributed by atoms with Gasteiger partial charge in [-0.25, -0.2) is 0 Å². The number of piperidine rings is 1. The maximum absolute atomic E-state index is 2.52. The molecule has 0 bridgehead atoms. The fourth-order valence-electron chi connectivity index (χ4n) is 1.80. The van der Waals surface area contributed by atoms with Crippen molar-refractivity contribution in [1.82, 2.24) is 4.90 Å². The number of hydrogen-bond donors (Lipinski definition) is 0. The van der Waals surface area contributed by atoms with Crippen LogP contribution in [0, 0.1) is 6.42 Å². The van der Waals surface area contributed by atoms with Gasteiger partial charge in [0.25, 0.3) is 0 Å². The van der Waals surface area contributed by atoms with Crippen molar-refractivity contribution in [1.29, 1.82) is 0 Å². The molecule has 1 aromatic rings. The Labute approximate surface area is 80.4 Å². The highest BCUT2D eigenvalue weighted by Gasteiger charge is 2.09. The van der Waals surface area contributed by atoms with Crippen LogP contribution in [0.25, 0.3) is 0 Å². The predicted molar refractivity (Wildman–Crippen MR) is 55.3 cm³/mol. The lowest BCUT2D eigenvalue weighted by atomic mass is 10.1. The SMILES string of the molecule is [CH]1CCN(Cc2ccccc2)CC1. The Kier molecular flexibility index (Phi) is 2.98. The van der Waals surface area contributed by atoms with Gasteiger partial charge in [0.05, 0.1) is 0 Å². The van der Waals surface area contributed by atoms with Crippen LogP contribution in [0.15, 0.2) is 30.3 Å². The monoisotopic (exact) mass is 174 g/mol. The molecular weight excluding hydrogens is 158 g/mol. The van der Waals surface area contributed by atoms with Gasteiger partial charge in [0.1, 0.15) is 0 Å². The maximum Gasteiger partial charge on any atom is 0.0233 e. The zero-order valence-electron chi connectivity index (χ0n) is 7.95. The molecule has 1 fully saturated rings. The second-order valence-electron chi connectivity index (χ2n) is 3.63. The first-order chi connectivity index (χ1) is 6.45. The standard InChI is InChI=1S/C12H16N/c1-3-7-12(8-4-1)11-13-9-5-2-6-10-13/h1-4,7-8H,5-6,9-11H2. The third-order valence-corrected chi connectivity index (χ3v) is 2.55. The van der Waals surface area contributed by atoms with Crippen LogP contribution in [0.5, 0.6) is 0 Å². The zero-order valence-corrected chi connectivity index (χ0v) is 7.95. The van der Waals surface area contributed by atoms with Gasteiger partial charge in [0.15, 0.2) is 0 Å². The molecule has 0 aliphatic carbocycles. The molecule has 1 heterocycles. The minimum atomic E-state index is 1.12. The molecule has 1 aliphatic heterocycles. The Morgan fingerprint density at radius 1 is 1.00 bits per heavy atom. The topological polar surface area (TPSA) is 3.24 Å². The average Bonchev–Trinajstić information content (AvgIpc) is 2.21. The Morgan fingerprint density at radius 3 is 2.38 bits per heavy atom. The van der Waals surface area contributed by atoms with E-state index in [4.69, 9.17) is 0 Å². The number of hydrogen-bond acceptors (Lipinski definition) is 1. The van der Waals surface area contributed by atoms with Crippen LogP contribution in [0.1, 0.15) is 18.4 Å². The van der Waals surface area contributed by atoms with Crippen LogP contribution in [-0.2, 0) is 6.54 Å². The second kappa shape index (κ2) is 4.43. The van der Waals surface area contributed by atoms with Crippen molar-refractivity contribution in [2.75, 3.05) is 13.1 Å². The first kappa shape index (κ1) is 8.76. The molecule has 0 amide bonds. The summed E-state index contributed by atoms with van der Waals surface area (Å²) in [4.78, 5) is 2.52. The Hall–Kier alpha value is -0.820. The molecule has 1 saturated heterocycles. The lowest BCUT2D eigenvalue weighted by molar-refractivity contribution is 0.246. The molecule has 0 spiro atoms. The summed E-state index contributed by atoms with van der Waals surface area (Å²) in [5.41, 5.74) is 1.43. The van der Waals surface area contributed by atoms with Gasteiger partial charge in [-0.3, -0.25) is 4.90 Å². The normalized spacial score (nSPS) is 18.8. The van der Waals surface area contributed by atoms with Gasteiger partial charge < -0.3 is 0 Å². The highest BCUT2D eigenvalue weighted by atomic mass is 15.1. The third kappa shape index (κ3) is 2.56. The molecule has 0 N–H and O–H groups in total. The first-order valence-electron chi connectivity index (χ1n) is 5.03. The van der Waals surface area contributed by atoms with E-state index in [1.54, 1.807) is 0 Å². The Balaban J connectivity index is 1.90. The molecule has 1 nitrogen and oxygen atoms in total. The smallest absolute Gasteiger partial charge is 0.0233 e. The van der Waals surface area contributed by atoms with Crippen LogP contribution in [0.2, 0.25) is 0 Å². The largest absolute Gasteiger partial charge is 0.299 e. The van der Waals surface area contributed by atoms with Gasteiger partial charge in [-0.2, -0.15) is 0 Å². The number of benzene rings is 1. The lowest BCUT2D eigenvalue weighted by Crippen LogP contribution is -2.29. The van der Waals surface area contributed by atoms with Crippen molar-refractivity contribution in [3.05, 3.63) is 42.3 Å². The summed E-state index contributed by atoms with van der Waals surface area (Å²) in [6.45, 7) is 3.58. The van der Waals surface area contributed by atoms with Crippen molar-refractivity contribution in [2.45, 2.75) is 19.4 Å². The summed E-state index contributed by atoms with van der Waals surface area (Å²) in [7, 11) is 0. The van der Waals surface area contributed by atoms with Gasteiger partial charge in [0, 0.05) is 6.54 Å². The number of nitrogens with zero attached hydrogens (tertiary/aromatic N) is 1. The maximum atomic E-state index is 2.52. The summed E-state index contributed by atoms with van der Waals surface area (Å²) in [6.07, 6.45) is 4.90. The van der Waals surface area contributed by atoms with E-state index in [0.29, 0.717) is 0 Å². The molecule has 0 saturated carbocycles. The molecular formula is C12H16N. The van der Waals surface area contributed by atoms with Crippen LogP contribution in [-0.4, -0.2) is 18.0 Å². The molecule has 0 atom stereocenters. The van der Waals surface area contributed by atoms with Crippen LogP contribution in [0.4, 0.5) is 0 Å². The summed E-state index contributed by atoms with van der Waals surface area (Å²) >= 11 is 0. The minimum Gasteiger partial charge on any atom is -0.299 e. The summed E-state index contributed by atoms with van der Waals surface area (Å²) in [5.74, 6) is 0. The van der Waals surface area contributed by atoms with Crippen LogP contribution in [0.3, 0.4) is 0 Å².